The van der Waals surface area contributed by atoms with E-state index in [1.807, 2.05) is 31.1 Å². The van der Waals surface area contributed by atoms with Crippen LogP contribution in [0.5, 0.6) is 5.75 Å². The van der Waals surface area contributed by atoms with E-state index in [9.17, 15) is 5.26 Å². The molecule has 3 nitrogen and oxygen atoms in total. The second-order valence-electron chi connectivity index (χ2n) is 4.74. The molecule has 17 heavy (non-hydrogen) atoms. The van der Waals surface area contributed by atoms with Crippen LogP contribution in [0.15, 0.2) is 18.2 Å². The van der Waals surface area contributed by atoms with E-state index in [-0.39, 0.29) is 0 Å². The zero-order valence-electron chi connectivity index (χ0n) is 10.7. The van der Waals surface area contributed by atoms with Crippen LogP contribution in [0.2, 0.25) is 0 Å². The number of aryl methyl sites for hydroxylation is 1. The van der Waals surface area contributed by atoms with Gasteiger partial charge in [-0.25, -0.2) is 0 Å². The lowest BCUT2D eigenvalue weighted by atomic mass is 9.76. The van der Waals surface area contributed by atoms with Gasteiger partial charge in [0.25, 0.3) is 0 Å². The Bertz CT molecular complexity index is 462. The minimum atomic E-state index is -0.472. The number of nitrogens with zero attached hydrogens (tertiary/aromatic N) is 2. The van der Waals surface area contributed by atoms with Crippen molar-refractivity contribution in [3.8, 4) is 11.8 Å². The number of fused-ring (bicyclic) bond motifs is 1. The summed E-state index contributed by atoms with van der Waals surface area (Å²) < 4.78 is 5.25. The summed E-state index contributed by atoms with van der Waals surface area (Å²) in [6, 6.07) is 8.54. The Morgan fingerprint density at radius 1 is 1.41 bits per heavy atom. The maximum absolute atomic E-state index is 9.56. The minimum Gasteiger partial charge on any atom is -0.497 e. The minimum absolute atomic E-state index is 0.472. The number of rotatable bonds is 2. The Labute approximate surface area is 103 Å². The highest BCUT2D eigenvalue weighted by molar-refractivity contribution is 5.44. The van der Waals surface area contributed by atoms with Crippen LogP contribution in [0.4, 0.5) is 0 Å². The molecule has 1 aliphatic rings. The summed E-state index contributed by atoms with van der Waals surface area (Å²) in [5.41, 5.74) is 1.91. The molecule has 0 aliphatic heterocycles. The number of methoxy groups -OCH3 is 1. The molecule has 0 aromatic heterocycles. The molecule has 1 atom stereocenters. The Morgan fingerprint density at radius 3 is 2.76 bits per heavy atom. The first kappa shape index (κ1) is 11.9. The number of ether oxygens (including phenoxy) is 1. The van der Waals surface area contributed by atoms with E-state index < -0.39 is 5.54 Å². The number of hydrogen-bond donors (Lipinski definition) is 0. The average molecular weight is 230 g/mol. The largest absolute Gasteiger partial charge is 0.497 e. The van der Waals surface area contributed by atoms with Crippen molar-refractivity contribution in [2.45, 2.75) is 24.8 Å². The third kappa shape index (κ3) is 1.79. The molecule has 0 radical (unpaired) electrons. The summed E-state index contributed by atoms with van der Waals surface area (Å²) in [6.07, 6.45) is 2.98. The Balaban J connectivity index is 2.55. The van der Waals surface area contributed by atoms with E-state index in [2.05, 4.69) is 12.1 Å². The molecule has 3 heteroatoms. The summed E-state index contributed by atoms with van der Waals surface area (Å²) in [4.78, 5) is 2.03. The zero-order valence-corrected chi connectivity index (χ0v) is 10.7. The molecule has 0 bridgehead atoms. The second kappa shape index (κ2) is 4.38. The second-order valence-corrected chi connectivity index (χ2v) is 4.74. The predicted octanol–water partition coefficient (Wildman–Crippen LogP) is 2.31. The van der Waals surface area contributed by atoms with E-state index in [1.54, 1.807) is 7.11 Å². The van der Waals surface area contributed by atoms with E-state index in [0.717, 1.165) is 30.6 Å². The number of nitriles is 1. The number of benzene rings is 1. The van der Waals surface area contributed by atoms with Crippen LogP contribution in [0.25, 0.3) is 0 Å². The molecule has 1 aromatic carbocycles. The highest BCUT2D eigenvalue weighted by Crippen LogP contribution is 2.39. The molecule has 0 saturated carbocycles. The van der Waals surface area contributed by atoms with E-state index >= 15 is 0 Å². The fourth-order valence-electron chi connectivity index (χ4n) is 2.66. The van der Waals surface area contributed by atoms with Crippen LogP contribution in [0, 0.1) is 11.3 Å². The first-order chi connectivity index (χ1) is 8.14. The molecule has 0 spiro atoms. The van der Waals surface area contributed by atoms with Gasteiger partial charge in [0.05, 0.1) is 13.2 Å². The monoisotopic (exact) mass is 230 g/mol. The van der Waals surface area contributed by atoms with Crippen molar-refractivity contribution in [1.82, 2.24) is 4.90 Å². The standard InChI is InChI=1S/C14H18N2O/c1-16(2)14(10-15)8-4-5-11-9-12(17-3)6-7-13(11)14/h6-7,9H,4-5,8H2,1-3H3. The maximum atomic E-state index is 9.56. The van der Waals surface area contributed by atoms with Gasteiger partial charge in [0, 0.05) is 0 Å². The topological polar surface area (TPSA) is 36.3 Å². The molecule has 1 unspecified atom stereocenters. The molecule has 0 N–H and O–H groups in total. The van der Waals surface area contributed by atoms with Crippen molar-refractivity contribution in [3.63, 3.8) is 0 Å². The highest BCUT2D eigenvalue weighted by Gasteiger charge is 2.38. The van der Waals surface area contributed by atoms with Gasteiger partial charge >= 0.3 is 0 Å². The first-order valence-electron chi connectivity index (χ1n) is 5.90. The molecule has 0 fully saturated rings. The average Bonchev–Trinajstić information content (AvgIpc) is 2.36. The van der Waals surface area contributed by atoms with Crippen LogP contribution < -0.4 is 4.74 Å². The van der Waals surface area contributed by atoms with Crippen LogP contribution in [0.3, 0.4) is 0 Å². The molecule has 0 amide bonds. The van der Waals surface area contributed by atoms with Crippen molar-refractivity contribution >= 4 is 0 Å². The summed E-state index contributed by atoms with van der Waals surface area (Å²) in [7, 11) is 5.62. The fraction of sp³-hybridized carbons (Fsp3) is 0.500. The quantitative estimate of drug-likeness (QED) is 0.782. The van der Waals surface area contributed by atoms with Crippen LogP contribution in [0.1, 0.15) is 24.0 Å². The van der Waals surface area contributed by atoms with E-state index in [1.165, 1.54) is 5.56 Å². The highest BCUT2D eigenvalue weighted by atomic mass is 16.5. The van der Waals surface area contributed by atoms with Crippen molar-refractivity contribution < 1.29 is 4.74 Å². The SMILES string of the molecule is COc1ccc2c(c1)CCCC2(C#N)N(C)C. The molecule has 0 heterocycles. The van der Waals surface area contributed by atoms with Crippen molar-refractivity contribution in [2.24, 2.45) is 0 Å². The fourth-order valence-corrected chi connectivity index (χ4v) is 2.66. The Kier molecular flexibility index (Phi) is 3.08. The van der Waals surface area contributed by atoms with Gasteiger partial charge < -0.3 is 4.74 Å². The molecule has 2 rings (SSSR count). The normalized spacial score (nSPS) is 23.0. The summed E-state index contributed by atoms with van der Waals surface area (Å²) >= 11 is 0. The van der Waals surface area contributed by atoms with E-state index in [0.29, 0.717) is 0 Å². The number of hydrogen-bond acceptors (Lipinski definition) is 3. The van der Waals surface area contributed by atoms with Crippen LogP contribution in [-0.2, 0) is 12.0 Å². The van der Waals surface area contributed by atoms with Crippen molar-refractivity contribution in [3.05, 3.63) is 29.3 Å². The van der Waals surface area contributed by atoms with Gasteiger partial charge in [0.2, 0.25) is 0 Å². The first-order valence-corrected chi connectivity index (χ1v) is 5.90. The van der Waals surface area contributed by atoms with Crippen molar-refractivity contribution in [2.75, 3.05) is 21.2 Å². The molecule has 90 valence electrons. The Hall–Kier alpha value is -1.53. The van der Waals surface area contributed by atoms with Gasteiger partial charge in [-0.05, 0) is 56.6 Å². The van der Waals surface area contributed by atoms with Crippen molar-refractivity contribution in [1.29, 1.82) is 5.26 Å². The molecule has 0 saturated heterocycles. The van der Waals surface area contributed by atoms with Gasteiger partial charge in [0.1, 0.15) is 11.3 Å². The zero-order chi connectivity index (χ0) is 12.5. The molecule has 1 aromatic rings. The maximum Gasteiger partial charge on any atom is 0.134 e. The van der Waals surface area contributed by atoms with Gasteiger partial charge in [-0.1, -0.05) is 6.07 Å². The van der Waals surface area contributed by atoms with Crippen LogP contribution >= 0.6 is 0 Å². The smallest absolute Gasteiger partial charge is 0.134 e. The van der Waals surface area contributed by atoms with Gasteiger partial charge in [-0.2, -0.15) is 5.26 Å². The van der Waals surface area contributed by atoms with Gasteiger partial charge in [0.15, 0.2) is 0 Å². The summed E-state index contributed by atoms with van der Waals surface area (Å²) in [5, 5.41) is 9.56. The van der Waals surface area contributed by atoms with Gasteiger partial charge in [-0.15, -0.1) is 0 Å². The molecule has 1 aliphatic carbocycles. The Morgan fingerprint density at radius 2 is 2.18 bits per heavy atom. The van der Waals surface area contributed by atoms with E-state index in [4.69, 9.17) is 4.74 Å². The summed E-state index contributed by atoms with van der Waals surface area (Å²) in [6.45, 7) is 0. The lowest BCUT2D eigenvalue weighted by Crippen LogP contribution is -2.42. The molecular formula is C14H18N2O. The predicted molar refractivity (Wildman–Crippen MR) is 66.9 cm³/mol. The third-order valence-electron chi connectivity index (χ3n) is 3.69. The molecular weight excluding hydrogens is 212 g/mol. The summed E-state index contributed by atoms with van der Waals surface area (Å²) in [5.74, 6) is 0.872. The lowest BCUT2D eigenvalue weighted by molar-refractivity contribution is 0.189. The van der Waals surface area contributed by atoms with Gasteiger partial charge in [-0.3, -0.25) is 4.90 Å². The lowest BCUT2D eigenvalue weighted by Gasteiger charge is -2.38. The third-order valence-corrected chi connectivity index (χ3v) is 3.69. The van der Waals surface area contributed by atoms with Crippen LogP contribution in [-0.4, -0.2) is 26.1 Å².